The van der Waals surface area contributed by atoms with Gasteiger partial charge in [-0.05, 0) is 29.8 Å². The number of halogens is 1. The minimum atomic E-state index is -3.48. The second-order valence-corrected chi connectivity index (χ2v) is 7.13. The lowest BCUT2D eigenvalue weighted by Gasteiger charge is -2.08. The normalized spacial score (nSPS) is 11.2. The molecule has 1 amide bonds. The van der Waals surface area contributed by atoms with Crippen molar-refractivity contribution in [2.24, 2.45) is 0 Å². The third-order valence-electron chi connectivity index (χ3n) is 2.96. The zero-order chi connectivity index (χ0) is 16.7. The second-order valence-electron chi connectivity index (χ2n) is 4.77. The van der Waals surface area contributed by atoms with E-state index >= 15 is 0 Å². The Labute approximate surface area is 139 Å². The highest BCUT2D eigenvalue weighted by Gasteiger charge is 2.11. The standard InChI is InChI=1S/C15H16ClN3O3S/c16-14-5-1-4-13(9-14)15(20)18-7-8-23(21,22)19-11-12-3-2-6-17-10-12/h1-6,9-10,19H,7-8,11H2,(H,18,20). The van der Waals surface area contributed by atoms with Crippen molar-refractivity contribution in [2.45, 2.75) is 6.54 Å². The Hall–Kier alpha value is -1.96. The number of nitrogens with zero attached hydrogens (tertiary/aromatic N) is 1. The van der Waals surface area contributed by atoms with Crippen LogP contribution in [0.1, 0.15) is 15.9 Å². The highest BCUT2D eigenvalue weighted by Crippen LogP contribution is 2.10. The van der Waals surface area contributed by atoms with Gasteiger partial charge in [0.15, 0.2) is 0 Å². The summed E-state index contributed by atoms with van der Waals surface area (Å²) < 4.78 is 26.2. The lowest BCUT2D eigenvalue weighted by Crippen LogP contribution is -2.34. The summed E-state index contributed by atoms with van der Waals surface area (Å²) in [5.41, 5.74) is 1.15. The molecule has 0 aliphatic carbocycles. The Kier molecular flexibility index (Phi) is 6.09. The minimum Gasteiger partial charge on any atom is -0.351 e. The van der Waals surface area contributed by atoms with Crippen LogP contribution in [0.5, 0.6) is 0 Å². The molecule has 0 aliphatic rings. The summed E-state index contributed by atoms with van der Waals surface area (Å²) >= 11 is 5.80. The Bertz CT molecular complexity index is 767. The van der Waals surface area contributed by atoms with Crippen LogP contribution < -0.4 is 10.0 Å². The molecule has 0 radical (unpaired) electrons. The van der Waals surface area contributed by atoms with Crippen LogP contribution in [0.3, 0.4) is 0 Å². The summed E-state index contributed by atoms with van der Waals surface area (Å²) in [7, 11) is -3.48. The number of carbonyl (C=O) groups excluding carboxylic acids is 1. The van der Waals surface area contributed by atoms with Crippen molar-refractivity contribution in [3.63, 3.8) is 0 Å². The summed E-state index contributed by atoms with van der Waals surface area (Å²) in [4.78, 5) is 15.8. The first kappa shape index (κ1) is 17.4. The monoisotopic (exact) mass is 353 g/mol. The van der Waals surface area contributed by atoms with E-state index in [2.05, 4.69) is 15.0 Å². The average molecular weight is 354 g/mol. The molecule has 1 heterocycles. The van der Waals surface area contributed by atoms with Crippen molar-refractivity contribution in [2.75, 3.05) is 12.3 Å². The van der Waals surface area contributed by atoms with Gasteiger partial charge in [-0.2, -0.15) is 0 Å². The predicted molar refractivity (Wildman–Crippen MR) is 88.6 cm³/mol. The van der Waals surface area contributed by atoms with Gasteiger partial charge in [0.25, 0.3) is 5.91 Å². The van der Waals surface area contributed by atoms with Crippen molar-refractivity contribution in [3.05, 3.63) is 64.9 Å². The Morgan fingerprint density at radius 3 is 2.74 bits per heavy atom. The molecule has 2 rings (SSSR count). The Morgan fingerprint density at radius 1 is 1.22 bits per heavy atom. The lowest BCUT2D eigenvalue weighted by molar-refractivity contribution is 0.0956. The van der Waals surface area contributed by atoms with Crippen molar-refractivity contribution in [1.82, 2.24) is 15.0 Å². The SMILES string of the molecule is O=C(NCCS(=O)(=O)NCc1cccnc1)c1cccc(Cl)c1. The maximum Gasteiger partial charge on any atom is 0.251 e. The molecule has 23 heavy (non-hydrogen) atoms. The average Bonchev–Trinajstić information content (AvgIpc) is 2.54. The van der Waals surface area contributed by atoms with Crippen molar-refractivity contribution in [1.29, 1.82) is 0 Å². The molecule has 1 aromatic heterocycles. The van der Waals surface area contributed by atoms with E-state index < -0.39 is 10.0 Å². The summed E-state index contributed by atoms with van der Waals surface area (Å²) in [5.74, 6) is -0.575. The molecule has 0 saturated heterocycles. The van der Waals surface area contributed by atoms with Crippen LogP contribution in [0.2, 0.25) is 5.02 Å². The molecule has 2 N–H and O–H groups in total. The highest BCUT2D eigenvalue weighted by atomic mass is 35.5. The van der Waals surface area contributed by atoms with Gasteiger partial charge in [0, 0.05) is 36.1 Å². The zero-order valence-electron chi connectivity index (χ0n) is 12.2. The molecule has 0 atom stereocenters. The number of sulfonamides is 1. The number of rotatable bonds is 7. The van der Waals surface area contributed by atoms with Gasteiger partial charge in [0.1, 0.15) is 0 Å². The maximum absolute atomic E-state index is 11.9. The first-order chi connectivity index (χ1) is 11.0. The fourth-order valence-electron chi connectivity index (χ4n) is 1.80. The van der Waals surface area contributed by atoms with Crippen LogP contribution in [0.15, 0.2) is 48.8 Å². The first-order valence-corrected chi connectivity index (χ1v) is 8.89. The Balaban J connectivity index is 1.79. The quantitative estimate of drug-likeness (QED) is 0.791. The van der Waals surface area contributed by atoms with E-state index in [1.54, 1.807) is 42.7 Å². The smallest absolute Gasteiger partial charge is 0.251 e. The summed E-state index contributed by atoms with van der Waals surface area (Å²) in [6, 6.07) is 9.95. The molecule has 0 saturated carbocycles. The molecular weight excluding hydrogens is 338 g/mol. The molecule has 0 spiro atoms. The molecule has 2 aromatic rings. The van der Waals surface area contributed by atoms with Crippen molar-refractivity contribution in [3.8, 4) is 0 Å². The fourth-order valence-corrected chi connectivity index (χ4v) is 2.89. The molecule has 0 fully saturated rings. The number of aromatic nitrogens is 1. The van der Waals surface area contributed by atoms with E-state index in [4.69, 9.17) is 11.6 Å². The van der Waals surface area contributed by atoms with Gasteiger partial charge in [0.2, 0.25) is 10.0 Å². The van der Waals surface area contributed by atoms with Crippen LogP contribution >= 0.6 is 11.6 Å². The van der Waals surface area contributed by atoms with E-state index in [0.29, 0.717) is 10.6 Å². The zero-order valence-corrected chi connectivity index (χ0v) is 13.8. The molecule has 122 valence electrons. The van der Waals surface area contributed by atoms with Crippen LogP contribution in [-0.4, -0.2) is 31.6 Å². The fraction of sp³-hybridized carbons (Fsp3) is 0.200. The number of carbonyl (C=O) groups is 1. The van der Waals surface area contributed by atoms with Crippen LogP contribution in [0, 0.1) is 0 Å². The highest BCUT2D eigenvalue weighted by molar-refractivity contribution is 7.89. The first-order valence-electron chi connectivity index (χ1n) is 6.86. The van der Waals surface area contributed by atoms with Gasteiger partial charge < -0.3 is 5.32 Å². The van der Waals surface area contributed by atoms with Gasteiger partial charge in [-0.15, -0.1) is 0 Å². The predicted octanol–water partition coefficient (Wildman–Crippen LogP) is 1.58. The summed E-state index contributed by atoms with van der Waals surface area (Å²) in [6.45, 7) is 0.173. The summed E-state index contributed by atoms with van der Waals surface area (Å²) in [5, 5.41) is 3.00. The number of nitrogens with one attached hydrogen (secondary N) is 2. The van der Waals surface area contributed by atoms with Gasteiger partial charge in [-0.1, -0.05) is 23.7 Å². The number of pyridine rings is 1. The van der Waals surface area contributed by atoms with Gasteiger partial charge in [-0.3, -0.25) is 9.78 Å². The van der Waals surface area contributed by atoms with E-state index in [0.717, 1.165) is 5.56 Å². The molecular formula is C15H16ClN3O3S. The number of benzene rings is 1. The third kappa shape index (κ3) is 5.97. The molecule has 0 unspecified atom stereocenters. The van der Waals surface area contributed by atoms with Crippen LogP contribution in [0.25, 0.3) is 0 Å². The van der Waals surface area contributed by atoms with E-state index in [1.807, 2.05) is 0 Å². The van der Waals surface area contributed by atoms with Gasteiger partial charge in [-0.25, -0.2) is 13.1 Å². The minimum absolute atomic E-state index is 0.00766. The molecule has 1 aromatic carbocycles. The van der Waals surface area contributed by atoms with E-state index in [9.17, 15) is 13.2 Å². The van der Waals surface area contributed by atoms with Gasteiger partial charge >= 0.3 is 0 Å². The molecule has 6 nitrogen and oxygen atoms in total. The van der Waals surface area contributed by atoms with Crippen LogP contribution in [0.4, 0.5) is 0 Å². The molecule has 0 bridgehead atoms. The number of hydrogen-bond donors (Lipinski definition) is 2. The molecule has 8 heteroatoms. The van der Waals surface area contributed by atoms with Crippen LogP contribution in [-0.2, 0) is 16.6 Å². The number of amides is 1. The Morgan fingerprint density at radius 2 is 2.04 bits per heavy atom. The summed E-state index contributed by atoms with van der Waals surface area (Å²) in [6.07, 6.45) is 3.20. The molecule has 0 aliphatic heterocycles. The topological polar surface area (TPSA) is 88.2 Å². The maximum atomic E-state index is 11.9. The van der Waals surface area contributed by atoms with Crippen molar-refractivity contribution >= 4 is 27.5 Å². The lowest BCUT2D eigenvalue weighted by atomic mass is 10.2. The van der Waals surface area contributed by atoms with E-state index in [1.165, 1.54) is 6.07 Å². The third-order valence-corrected chi connectivity index (χ3v) is 4.52. The van der Waals surface area contributed by atoms with Crippen molar-refractivity contribution < 1.29 is 13.2 Å². The number of hydrogen-bond acceptors (Lipinski definition) is 4. The van der Waals surface area contributed by atoms with Gasteiger partial charge in [0.05, 0.1) is 5.75 Å². The van der Waals surface area contributed by atoms with E-state index in [-0.39, 0.29) is 24.7 Å². The largest absolute Gasteiger partial charge is 0.351 e. The second kappa shape index (κ2) is 8.05.